The van der Waals surface area contributed by atoms with Gasteiger partial charge in [0.1, 0.15) is 11.8 Å². The van der Waals surface area contributed by atoms with E-state index in [1.165, 1.54) is 4.90 Å². The summed E-state index contributed by atoms with van der Waals surface area (Å²) in [6.07, 6.45) is -1.93. The first-order valence-corrected chi connectivity index (χ1v) is 7.40. The first kappa shape index (κ1) is 17.2. The molecule has 2 atom stereocenters. The van der Waals surface area contributed by atoms with Crippen LogP contribution in [0.2, 0.25) is 0 Å². The van der Waals surface area contributed by atoms with Crippen molar-refractivity contribution in [2.75, 3.05) is 13.1 Å². The molecule has 0 unspecified atom stereocenters. The van der Waals surface area contributed by atoms with E-state index < -0.39 is 29.9 Å². The van der Waals surface area contributed by atoms with Crippen molar-refractivity contribution < 1.29 is 23.6 Å². The maximum absolute atomic E-state index is 14.0. The molecule has 23 heavy (non-hydrogen) atoms. The number of hydrogen-bond acceptors (Lipinski definition) is 5. The fourth-order valence-electron chi connectivity index (χ4n) is 2.11. The summed E-state index contributed by atoms with van der Waals surface area (Å²) in [5.41, 5.74) is 2.12. The summed E-state index contributed by atoms with van der Waals surface area (Å²) in [4.78, 5) is 29.9. The van der Waals surface area contributed by atoms with Gasteiger partial charge in [-0.2, -0.15) is 0 Å². The number of amides is 1. The number of carbonyl (C=O) groups is 2. The molecule has 2 rings (SSSR count). The standard InChI is InChI=1S/C16H21FN2O4/c1-16(2,3)22-15(21)19-9-12(17)13(10-19)18-23-14(20)11-7-5-4-6-8-11/h4-8,12-13,18H,9-10H2,1-3H3/t12-,13+/m0/s1. The molecule has 1 aliphatic rings. The molecule has 1 fully saturated rings. The van der Waals surface area contributed by atoms with Crippen molar-refractivity contribution in [2.24, 2.45) is 0 Å². The van der Waals surface area contributed by atoms with E-state index in [2.05, 4.69) is 5.48 Å². The minimum atomic E-state index is -1.34. The second-order valence-electron chi connectivity index (χ2n) is 6.38. The number of hydroxylamine groups is 1. The Balaban J connectivity index is 1.85. The molecule has 1 amide bonds. The monoisotopic (exact) mass is 324 g/mol. The van der Waals surface area contributed by atoms with Crippen LogP contribution in [0.25, 0.3) is 0 Å². The van der Waals surface area contributed by atoms with Crippen LogP contribution >= 0.6 is 0 Å². The van der Waals surface area contributed by atoms with Crippen LogP contribution in [0.4, 0.5) is 9.18 Å². The molecule has 1 saturated heterocycles. The maximum atomic E-state index is 14.0. The van der Waals surface area contributed by atoms with Gasteiger partial charge in [0.05, 0.1) is 18.2 Å². The Kier molecular flexibility index (Phi) is 5.20. The Labute approximate surface area is 134 Å². The molecule has 1 N–H and O–H groups in total. The Morgan fingerprint density at radius 2 is 1.87 bits per heavy atom. The van der Waals surface area contributed by atoms with Gasteiger partial charge in [-0.3, -0.25) is 0 Å². The highest BCUT2D eigenvalue weighted by molar-refractivity contribution is 5.89. The first-order valence-electron chi connectivity index (χ1n) is 7.40. The molecule has 1 heterocycles. The molecule has 1 aromatic carbocycles. The van der Waals surface area contributed by atoms with Gasteiger partial charge in [-0.25, -0.2) is 14.0 Å². The lowest BCUT2D eigenvalue weighted by Gasteiger charge is -2.24. The summed E-state index contributed by atoms with van der Waals surface area (Å²) in [6.45, 7) is 5.19. The van der Waals surface area contributed by atoms with Crippen molar-refractivity contribution in [3.05, 3.63) is 35.9 Å². The van der Waals surface area contributed by atoms with Gasteiger partial charge in [-0.15, -0.1) is 5.48 Å². The smallest absolute Gasteiger partial charge is 0.410 e. The van der Waals surface area contributed by atoms with Crippen molar-refractivity contribution in [1.29, 1.82) is 0 Å². The van der Waals surface area contributed by atoms with Gasteiger partial charge in [0, 0.05) is 6.54 Å². The second-order valence-corrected chi connectivity index (χ2v) is 6.38. The third kappa shape index (κ3) is 4.92. The SMILES string of the molecule is CC(C)(C)OC(=O)N1C[C@H](F)[C@H](NOC(=O)c2ccccc2)C1. The number of likely N-dealkylation sites (tertiary alicyclic amines) is 1. The zero-order chi connectivity index (χ0) is 17.0. The number of halogens is 1. The van der Waals surface area contributed by atoms with Gasteiger partial charge >= 0.3 is 12.1 Å². The highest BCUT2D eigenvalue weighted by Gasteiger charge is 2.38. The molecule has 0 radical (unpaired) electrons. The maximum Gasteiger partial charge on any atom is 0.410 e. The number of carbonyl (C=O) groups excluding carboxylic acids is 2. The second kappa shape index (κ2) is 6.95. The number of rotatable bonds is 3. The van der Waals surface area contributed by atoms with Crippen molar-refractivity contribution in [3.63, 3.8) is 0 Å². The first-order chi connectivity index (χ1) is 10.8. The topological polar surface area (TPSA) is 67.9 Å². The Morgan fingerprint density at radius 3 is 2.48 bits per heavy atom. The summed E-state index contributed by atoms with van der Waals surface area (Å²) >= 11 is 0. The average Bonchev–Trinajstić information content (AvgIpc) is 2.85. The van der Waals surface area contributed by atoms with Crippen molar-refractivity contribution in [2.45, 2.75) is 38.6 Å². The largest absolute Gasteiger partial charge is 0.444 e. The van der Waals surface area contributed by atoms with Crippen LogP contribution in [0.1, 0.15) is 31.1 Å². The number of nitrogens with zero attached hydrogens (tertiary/aromatic N) is 1. The van der Waals surface area contributed by atoms with Gasteiger partial charge in [-0.1, -0.05) is 18.2 Å². The van der Waals surface area contributed by atoms with Gasteiger partial charge in [0.15, 0.2) is 0 Å². The Morgan fingerprint density at radius 1 is 1.22 bits per heavy atom. The van der Waals surface area contributed by atoms with Gasteiger partial charge in [0.2, 0.25) is 0 Å². The molecule has 6 nitrogen and oxygen atoms in total. The van der Waals surface area contributed by atoms with Crippen molar-refractivity contribution in [3.8, 4) is 0 Å². The zero-order valence-electron chi connectivity index (χ0n) is 13.4. The summed E-state index contributed by atoms with van der Waals surface area (Å²) in [6, 6.07) is 7.59. The number of hydrogen-bond donors (Lipinski definition) is 1. The molecule has 7 heteroatoms. The van der Waals surface area contributed by atoms with Crippen molar-refractivity contribution in [1.82, 2.24) is 10.4 Å². The van der Waals surface area contributed by atoms with E-state index in [0.29, 0.717) is 5.56 Å². The van der Waals surface area contributed by atoms with Gasteiger partial charge in [0.25, 0.3) is 0 Å². The van der Waals surface area contributed by atoms with Gasteiger partial charge in [-0.05, 0) is 32.9 Å². The van der Waals surface area contributed by atoms with E-state index in [4.69, 9.17) is 9.57 Å². The average molecular weight is 324 g/mol. The molecule has 0 saturated carbocycles. The summed E-state index contributed by atoms with van der Waals surface area (Å²) in [5.74, 6) is -0.603. The fraction of sp³-hybridized carbons (Fsp3) is 0.500. The Bertz CT molecular complexity index is 559. The van der Waals surface area contributed by atoms with Crippen LogP contribution in [0.15, 0.2) is 30.3 Å². The molecular weight excluding hydrogens is 303 g/mol. The van der Waals surface area contributed by atoms with E-state index in [9.17, 15) is 14.0 Å². The van der Waals surface area contributed by atoms with E-state index in [-0.39, 0.29) is 13.1 Å². The summed E-state index contributed by atoms with van der Waals surface area (Å²) < 4.78 is 19.2. The lowest BCUT2D eigenvalue weighted by atomic mass is 10.2. The van der Waals surface area contributed by atoms with Crippen LogP contribution in [-0.2, 0) is 9.57 Å². The molecular formula is C16H21FN2O4. The molecule has 0 bridgehead atoms. The summed E-state index contributed by atoms with van der Waals surface area (Å²) in [5, 5.41) is 0. The van der Waals surface area contributed by atoms with Crippen LogP contribution in [-0.4, -0.2) is 47.9 Å². The molecule has 0 aromatic heterocycles. The molecule has 1 aliphatic heterocycles. The van der Waals surface area contributed by atoms with Crippen LogP contribution in [0.5, 0.6) is 0 Å². The summed E-state index contributed by atoms with van der Waals surface area (Å²) in [7, 11) is 0. The third-order valence-electron chi connectivity index (χ3n) is 3.21. The number of benzene rings is 1. The Hall–Kier alpha value is -2.15. The van der Waals surface area contributed by atoms with Crippen molar-refractivity contribution >= 4 is 12.1 Å². The molecule has 126 valence electrons. The quantitative estimate of drug-likeness (QED) is 0.864. The zero-order valence-corrected chi connectivity index (χ0v) is 13.4. The molecule has 0 aliphatic carbocycles. The van der Waals surface area contributed by atoms with E-state index >= 15 is 0 Å². The predicted octanol–water partition coefficient (Wildman–Crippen LogP) is 2.31. The van der Waals surface area contributed by atoms with Crippen LogP contribution < -0.4 is 5.48 Å². The highest BCUT2D eigenvalue weighted by Crippen LogP contribution is 2.18. The number of nitrogens with one attached hydrogen (secondary N) is 1. The number of ether oxygens (including phenoxy) is 1. The minimum Gasteiger partial charge on any atom is -0.444 e. The highest BCUT2D eigenvalue weighted by atomic mass is 19.1. The predicted molar refractivity (Wildman–Crippen MR) is 81.5 cm³/mol. The van der Waals surface area contributed by atoms with Gasteiger partial charge < -0.3 is 14.5 Å². The number of alkyl halides is 1. The lowest BCUT2D eigenvalue weighted by Crippen LogP contribution is -2.40. The minimum absolute atomic E-state index is 0.0676. The van der Waals surface area contributed by atoms with E-state index in [0.717, 1.165) is 0 Å². The molecule has 1 aromatic rings. The lowest BCUT2D eigenvalue weighted by molar-refractivity contribution is 0.00972. The van der Waals surface area contributed by atoms with E-state index in [1.807, 2.05) is 0 Å². The van der Waals surface area contributed by atoms with E-state index in [1.54, 1.807) is 51.1 Å². The third-order valence-corrected chi connectivity index (χ3v) is 3.21. The fourth-order valence-corrected chi connectivity index (χ4v) is 2.11. The van der Waals surface area contributed by atoms with Crippen LogP contribution in [0, 0.1) is 0 Å². The van der Waals surface area contributed by atoms with Crippen LogP contribution in [0.3, 0.4) is 0 Å². The normalized spacial score (nSPS) is 21.1. The molecule has 0 spiro atoms.